The molecule has 0 saturated heterocycles. The molecule has 0 aliphatic heterocycles. The predicted octanol–water partition coefficient (Wildman–Crippen LogP) is 2.73. The van der Waals surface area contributed by atoms with Gasteiger partial charge < -0.3 is 14.9 Å². The predicted molar refractivity (Wildman–Crippen MR) is 97.5 cm³/mol. The molecule has 1 fully saturated rings. The maximum atomic E-state index is 12.6. The normalized spacial score (nSPS) is 15.0. The molecule has 1 aliphatic carbocycles. The van der Waals surface area contributed by atoms with E-state index in [1.54, 1.807) is 35.2 Å². The first-order valence-electron chi connectivity index (χ1n) is 8.85. The van der Waals surface area contributed by atoms with Gasteiger partial charge in [-0.2, -0.15) is 5.10 Å². The smallest absolute Gasteiger partial charge is 0.271 e. The minimum Gasteiger partial charge on any atom is -0.508 e. The highest BCUT2D eigenvalue weighted by molar-refractivity contribution is 5.93. The van der Waals surface area contributed by atoms with Crippen LogP contribution in [-0.4, -0.2) is 64.2 Å². The maximum Gasteiger partial charge on any atom is 0.271 e. The van der Waals surface area contributed by atoms with E-state index in [4.69, 9.17) is 0 Å². The molecule has 2 N–H and O–H groups in total. The molecule has 1 aromatic carbocycles. The Hall–Kier alpha value is -2.34. The zero-order valence-corrected chi connectivity index (χ0v) is 14.9. The summed E-state index contributed by atoms with van der Waals surface area (Å²) in [6.07, 6.45) is 5.17. The van der Waals surface area contributed by atoms with E-state index < -0.39 is 0 Å². The molecule has 1 aromatic heterocycles. The van der Waals surface area contributed by atoms with E-state index in [2.05, 4.69) is 22.1 Å². The minimum atomic E-state index is -0.0580. The topological polar surface area (TPSA) is 72.5 Å². The summed E-state index contributed by atoms with van der Waals surface area (Å²) >= 11 is 0. The fourth-order valence-corrected chi connectivity index (χ4v) is 3.35. The molecule has 25 heavy (non-hydrogen) atoms. The SMILES string of the molecule is CN(CCN(C)C1CCCC1)C(=O)c1cc(-c2ccc(O)cc2)n[nH]1. The monoisotopic (exact) mass is 342 g/mol. The van der Waals surface area contributed by atoms with Crippen molar-refractivity contribution in [3.63, 3.8) is 0 Å². The van der Waals surface area contributed by atoms with E-state index in [0.717, 1.165) is 12.1 Å². The Balaban J connectivity index is 1.57. The highest BCUT2D eigenvalue weighted by atomic mass is 16.3. The van der Waals surface area contributed by atoms with Crippen LogP contribution in [0.1, 0.15) is 36.2 Å². The number of H-pyrrole nitrogens is 1. The van der Waals surface area contributed by atoms with E-state index in [0.29, 0.717) is 24.0 Å². The number of phenolic OH excluding ortho intramolecular Hbond substituents is 1. The number of nitrogens with one attached hydrogen (secondary N) is 1. The minimum absolute atomic E-state index is 0.0580. The number of rotatable bonds is 6. The Morgan fingerprint density at radius 2 is 1.88 bits per heavy atom. The van der Waals surface area contributed by atoms with E-state index >= 15 is 0 Å². The van der Waals surface area contributed by atoms with Crippen molar-refractivity contribution in [2.75, 3.05) is 27.2 Å². The summed E-state index contributed by atoms with van der Waals surface area (Å²) in [5.74, 6) is 0.152. The quantitative estimate of drug-likeness (QED) is 0.847. The van der Waals surface area contributed by atoms with Crippen LogP contribution in [-0.2, 0) is 0 Å². The average Bonchev–Trinajstić information content (AvgIpc) is 3.31. The van der Waals surface area contributed by atoms with Gasteiger partial charge in [-0.05, 0) is 50.2 Å². The summed E-state index contributed by atoms with van der Waals surface area (Å²) in [6, 6.07) is 9.19. The first kappa shape index (κ1) is 17.5. The van der Waals surface area contributed by atoms with Crippen LogP contribution in [0.3, 0.4) is 0 Å². The highest BCUT2D eigenvalue weighted by Gasteiger charge is 2.21. The van der Waals surface area contributed by atoms with E-state index in [9.17, 15) is 9.90 Å². The summed E-state index contributed by atoms with van der Waals surface area (Å²) in [5.41, 5.74) is 2.03. The van der Waals surface area contributed by atoms with Crippen molar-refractivity contribution in [2.45, 2.75) is 31.7 Å². The molecule has 2 aromatic rings. The number of aromatic amines is 1. The maximum absolute atomic E-state index is 12.6. The second kappa shape index (κ2) is 7.70. The number of hydrogen-bond acceptors (Lipinski definition) is 4. The van der Waals surface area contributed by atoms with Crippen LogP contribution in [0.15, 0.2) is 30.3 Å². The number of phenols is 1. The van der Waals surface area contributed by atoms with Gasteiger partial charge in [0.1, 0.15) is 11.4 Å². The molecule has 134 valence electrons. The second-order valence-corrected chi connectivity index (χ2v) is 6.86. The number of nitrogens with zero attached hydrogens (tertiary/aromatic N) is 3. The van der Waals surface area contributed by atoms with Crippen LogP contribution in [0, 0.1) is 0 Å². The third-order valence-corrected chi connectivity index (χ3v) is 5.05. The summed E-state index contributed by atoms with van der Waals surface area (Å²) in [5, 5.41) is 16.4. The molecule has 0 spiro atoms. The molecule has 0 radical (unpaired) electrons. The highest BCUT2D eigenvalue weighted by Crippen LogP contribution is 2.22. The number of carbonyl (C=O) groups excluding carboxylic acids is 1. The summed E-state index contributed by atoms with van der Waals surface area (Å²) < 4.78 is 0. The van der Waals surface area contributed by atoms with Crippen molar-refractivity contribution in [2.24, 2.45) is 0 Å². The van der Waals surface area contributed by atoms with Gasteiger partial charge in [-0.25, -0.2) is 0 Å². The van der Waals surface area contributed by atoms with Crippen LogP contribution >= 0.6 is 0 Å². The number of aromatic hydroxyl groups is 1. The number of aromatic nitrogens is 2. The Bertz CT molecular complexity index is 704. The number of likely N-dealkylation sites (N-methyl/N-ethyl adjacent to an activating group) is 2. The van der Waals surface area contributed by atoms with E-state index in [1.165, 1.54) is 25.7 Å². The lowest BCUT2D eigenvalue weighted by atomic mass is 10.1. The Kier molecular flexibility index (Phi) is 5.38. The molecule has 1 saturated carbocycles. The molecular formula is C19H26N4O2. The summed E-state index contributed by atoms with van der Waals surface area (Å²) in [7, 11) is 3.97. The third-order valence-electron chi connectivity index (χ3n) is 5.05. The molecule has 0 atom stereocenters. The van der Waals surface area contributed by atoms with Crippen LogP contribution in [0.4, 0.5) is 0 Å². The molecule has 0 unspecified atom stereocenters. The number of carbonyl (C=O) groups is 1. The molecular weight excluding hydrogens is 316 g/mol. The fourth-order valence-electron chi connectivity index (χ4n) is 3.35. The Labute approximate surface area is 148 Å². The van der Waals surface area contributed by atoms with E-state index in [1.807, 2.05) is 7.05 Å². The first-order valence-corrected chi connectivity index (χ1v) is 8.85. The standard InChI is InChI=1S/C19H26N4O2/c1-22(15-5-3-4-6-15)11-12-23(2)19(25)18-13-17(20-21-18)14-7-9-16(24)10-8-14/h7-10,13,15,24H,3-6,11-12H2,1-2H3,(H,20,21). The van der Waals surface area contributed by atoms with Crippen molar-refractivity contribution in [1.82, 2.24) is 20.0 Å². The number of hydrogen-bond donors (Lipinski definition) is 2. The fraction of sp³-hybridized carbons (Fsp3) is 0.474. The van der Waals surface area contributed by atoms with Crippen LogP contribution in [0.25, 0.3) is 11.3 Å². The van der Waals surface area contributed by atoms with Crippen molar-refractivity contribution >= 4 is 5.91 Å². The average molecular weight is 342 g/mol. The molecule has 6 heteroatoms. The number of benzene rings is 1. The lowest BCUT2D eigenvalue weighted by Crippen LogP contribution is -2.38. The zero-order valence-electron chi connectivity index (χ0n) is 14.9. The van der Waals surface area contributed by atoms with Gasteiger partial charge in [-0.15, -0.1) is 0 Å². The molecule has 1 heterocycles. The van der Waals surface area contributed by atoms with Crippen LogP contribution in [0.2, 0.25) is 0 Å². The molecule has 1 aliphatic rings. The lowest BCUT2D eigenvalue weighted by molar-refractivity contribution is 0.0768. The van der Waals surface area contributed by atoms with Gasteiger partial charge in [0, 0.05) is 31.7 Å². The Morgan fingerprint density at radius 3 is 2.56 bits per heavy atom. The lowest BCUT2D eigenvalue weighted by Gasteiger charge is -2.26. The van der Waals surface area contributed by atoms with Crippen molar-refractivity contribution in [3.8, 4) is 17.0 Å². The largest absolute Gasteiger partial charge is 0.508 e. The van der Waals surface area contributed by atoms with E-state index in [-0.39, 0.29) is 11.7 Å². The third kappa shape index (κ3) is 4.20. The van der Waals surface area contributed by atoms with Gasteiger partial charge in [0.2, 0.25) is 0 Å². The second-order valence-electron chi connectivity index (χ2n) is 6.86. The molecule has 1 amide bonds. The van der Waals surface area contributed by atoms with Gasteiger partial charge in [0.05, 0.1) is 5.69 Å². The summed E-state index contributed by atoms with van der Waals surface area (Å²) in [4.78, 5) is 16.7. The summed E-state index contributed by atoms with van der Waals surface area (Å²) in [6.45, 7) is 1.57. The van der Waals surface area contributed by atoms with Gasteiger partial charge >= 0.3 is 0 Å². The molecule has 3 rings (SSSR count). The number of amides is 1. The van der Waals surface area contributed by atoms with Crippen molar-refractivity contribution < 1.29 is 9.90 Å². The van der Waals surface area contributed by atoms with Crippen molar-refractivity contribution in [3.05, 3.63) is 36.0 Å². The zero-order chi connectivity index (χ0) is 17.8. The van der Waals surface area contributed by atoms with Gasteiger partial charge in [0.25, 0.3) is 5.91 Å². The Morgan fingerprint density at radius 1 is 1.20 bits per heavy atom. The van der Waals surface area contributed by atoms with Gasteiger partial charge in [0.15, 0.2) is 0 Å². The van der Waals surface area contributed by atoms with Gasteiger partial charge in [-0.3, -0.25) is 9.89 Å². The van der Waals surface area contributed by atoms with Crippen molar-refractivity contribution in [1.29, 1.82) is 0 Å². The molecule has 0 bridgehead atoms. The van der Waals surface area contributed by atoms with Crippen LogP contribution < -0.4 is 0 Å². The first-order chi connectivity index (χ1) is 12.0. The van der Waals surface area contributed by atoms with Crippen LogP contribution in [0.5, 0.6) is 5.75 Å². The van der Waals surface area contributed by atoms with Gasteiger partial charge in [-0.1, -0.05) is 12.8 Å². The molecule has 6 nitrogen and oxygen atoms in total.